The van der Waals surface area contributed by atoms with Gasteiger partial charge < -0.3 is 14.6 Å². The number of likely N-dealkylation sites (tertiary alicyclic amines) is 1. The third-order valence-electron chi connectivity index (χ3n) is 4.88. The van der Waals surface area contributed by atoms with Gasteiger partial charge in [0.15, 0.2) is 5.76 Å². The number of carbonyl (C=O) groups is 2. The lowest BCUT2D eigenvalue weighted by atomic mass is 9.88. The summed E-state index contributed by atoms with van der Waals surface area (Å²) in [6, 6.07) is 7.65. The van der Waals surface area contributed by atoms with Crippen LogP contribution in [0, 0.1) is 12.3 Å². The summed E-state index contributed by atoms with van der Waals surface area (Å²) < 4.78 is 5.77. The van der Waals surface area contributed by atoms with E-state index in [9.17, 15) is 9.59 Å². The maximum absolute atomic E-state index is 12.9. The summed E-state index contributed by atoms with van der Waals surface area (Å²) in [6.07, 6.45) is 1.58. The second kappa shape index (κ2) is 6.30. The molecule has 24 heavy (non-hydrogen) atoms. The topological polar surface area (TPSA) is 62.6 Å². The summed E-state index contributed by atoms with van der Waals surface area (Å²) in [5.41, 5.74) is 1.06. The Morgan fingerprint density at radius 2 is 2.08 bits per heavy atom. The molecule has 1 atom stereocenters. The molecule has 5 heteroatoms. The molecule has 0 radical (unpaired) electrons. The van der Waals surface area contributed by atoms with E-state index >= 15 is 0 Å². The number of aryl methyl sites for hydroxylation is 1. The Bertz CT molecular complexity index is 780. The fraction of sp³-hybridized carbons (Fsp3) is 0.474. The van der Waals surface area contributed by atoms with Crippen LogP contribution >= 0.6 is 0 Å². The van der Waals surface area contributed by atoms with Crippen LogP contribution in [-0.2, 0) is 4.79 Å². The van der Waals surface area contributed by atoms with Crippen molar-refractivity contribution >= 4 is 22.8 Å². The van der Waals surface area contributed by atoms with Gasteiger partial charge in [-0.3, -0.25) is 9.59 Å². The molecule has 0 aliphatic carbocycles. The maximum Gasteiger partial charge on any atom is 0.289 e. The Morgan fingerprint density at radius 1 is 1.33 bits per heavy atom. The second-order valence-corrected chi connectivity index (χ2v) is 6.85. The van der Waals surface area contributed by atoms with E-state index in [1.165, 1.54) is 0 Å². The first-order valence-corrected chi connectivity index (χ1v) is 8.52. The van der Waals surface area contributed by atoms with Crippen LogP contribution in [0.4, 0.5) is 0 Å². The van der Waals surface area contributed by atoms with E-state index < -0.39 is 5.41 Å². The van der Waals surface area contributed by atoms with Gasteiger partial charge in [-0.1, -0.05) is 25.1 Å². The molecule has 2 heterocycles. The van der Waals surface area contributed by atoms with Crippen molar-refractivity contribution in [2.45, 2.75) is 33.6 Å². The molecule has 1 aromatic heterocycles. The smallest absolute Gasteiger partial charge is 0.289 e. The molecular formula is C19H24N2O3. The largest absolute Gasteiger partial charge is 0.451 e. The Morgan fingerprint density at radius 3 is 2.79 bits per heavy atom. The molecule has 1 unspecified atom stereocenters. The van der Waals surface area contributed by atoms with Crippen LogP contribution in [0.25, 0.3) is 11.0 Å². The number of carbonyl (C=O) groups excluding carboxylic acids is 2. The fourth-order valence-corrected chi connectivity index (χ4v) is 3.29. The quantitative estimate of drug-likeness (QED) is 0.938. The van der Waals surface area contributed by atoms with E-state index in [0.29, 0.717) is 31.8 Å². The molecular weight excluding hydrogens is 304 g/mol. The third-order valence-corrected chi connectivity index (χ3v) is 4.88. The molecule has 1 fully saturated rings. The number of hydrogen-bond donors (Lipinski definition) is 1. The van der Waals surface area contributed by atoms with Crippen LogP contribution in [0.3, 0.4) is 0 Å². The van der Waals surface area contributed by atoms with Gasteiger partial charge in [0.25, 0.3) is 5.91 Å². The highest BCUT2D eigenvalue weighted by Crippen LogP contribution is 2.33. The minimum Gasteiger partial charge on any atom is -0.451 e. The molecule has 0 bridgehead atoms. The van der Waals surface area contributed by atoms with Crippen molar-refractivity contribution < 1.29 is 14.0 Å². The highest BCUT2D eigenvalue weighted by atomic mass is 16.3. The summed E-state index contributed by atoms with van der Waals surface area (Å²) in [5, 5.41) is 3.91. The number of nitrogens with zero attached hydrogens (tertiary/aromatic N) is 1. The number of amides is 2. The zero-order valence-electron chi connectivity index (χ0n) is 14.5. The van der Waals surface area contributed by atoms with E-state index in [1.807, 2.05) is 45.0 Å². The van der Waals surface area contributed by atoms with Crippen molar-refractivity contribution in [1.82, 2.24) is 10.2 Å². The zero-order chi connectivity index (χ0) is 17.3. The monoisotopic (exact) mass is 328 g/mol. The summed E-state index contributed by atoms with van der Waals surface area (Å²) in [6.45, 7) is 7.53. The average molecular weight is 328 g/mol. The van der Waals surface area contributed by atoms with Gasteiger partial charge in [-0.25, -0.2) is 0 Å². The highest BCUT2D eigenvalue weighted by Gasteiger charge is 2.42. The average Bonchev–Trinajstić information content (AvgIpc) is 3.14. The first-order chi connectivity index (χ1) is 11.5. The summed E-state index contributed by atoms with van der Waals surface area (Å²) in [4.78, 5) is 27.0. The first-order valence-electron chi connectivity index (χ1n) is 8.52. The number of furan rings is 1. The SMILES string of the molecule is CCCNC(=O)C1(C)CCN(C(=O)c2oc3ccccc3c2C)C1. The number of hydrogen-bond acceptors (Lipinski definition) is 3. The molecule has 5 nitrogen and oxygen atoms in total. The van der Waals surface area contributed by atoms with Crippen LogP contribution in [0.2, 0.25) is 0 Å². The normalized spacial score (nSPS) is 20.5. The molecule has 1 N–H and O–H groups in total. The molecule has 1 aliphatic heterocycles. The van der Waals surface area contributed by atoms with Gasteiger partial charge >= 0.3 is 0 Å². The number of fused-ring (bicyclic) bond motifs is 1. The number of benzene rings is 1. The van der Waals surface area contributed by atoms with E-state index in [4.69, 9.17) is 4.42 Å². The minimum absolute atomic E-state index is 0.0287. The second-order valence-electron chi connectivity index (χ2n) is 6.85. The lowest BCUT2D eigenvalue weighted by Crippen LogP contribution is -2.42. The molecule has 1 aliphatic rings. The molecule has 0 saturated carbocycles. The van der Waals surface area contributed by atoms with Crippen LogP contribution in [0.15, 0.2) is 28.7 Å². The molecule has 2 aromatic rings. The van der Waals surface area contributed by atoms with Crippen LogP contribution in [0.5, 0.6) is 0 Å². The first kappa shape index (κ1) is 16.6. The lowest BCUT2D eigenvalue weighted by molar-refractivity contribution is -0.129. The van der Waals surface area contributed by atoms with Gasteiger partial charge in [0.2, 0.25) is 5.91 Å². The van der Waals surface area contributed by atoms with E-state index in [0.717, 1.165) is 23.0 Å². The molecule has 2 amide bonds. The van der Waals surface area contributed by atoms with Crippen molar-refractivity contribution in [3.8, 4) is 0 Å². The number of nitrogens with one attached hydrogen (secondary N) is 1. The Labute approximate surface area is 142 Å². The van der Waals surface area contributed by atoms with E-state index in [1.54, 1.807) is 4.90 Å². The highest BCUT2D eigenvalue weighted by molar-refractivity contribution is 5.99. The van der Waals surface area contributed by atoms with Crippen molar-refractivity contribution in [1.29, 1.82) is 0 Å². The zero-order valence-corrected chi connectivity index (χ0v) is 14.5. The Balaban J connectivity index is 1.79. The third kappa shape index (κ3) is 2.79. The van der Waals surface area contributed by atoms with Crippen LogP contribution < -0.4 is 5.32 Å². The molecule has 0 spiro atoms. The minimum atomic E-state index is -0.523. The van der Waals surface area contributed by atoms with Crippen molar-refractivity contribution in [3.05, 3.63) is 35.6 Å². The van der Waals surface area contributed by atoms with Gasteiger partial charge in [0.1, 0.15) is 5.58 Å². The van der Waals surface area contributed by atoms with Gasteiger partial charge in [0, 0.05) is 30.6 Å². The van der Waals surface area contributed by atoms with Crippen molar-refractivity contribution in [2.24, 2.45) is 5.41 Å². The summed E-state index contributed by atoms with van der Waals surface area (Å²) >= 11 is 0. The fourth-order valence-electron chi connectivity index (χ4n) is 3.29. The van der Waals surface area contributed by atoms with Crippen molar-refractivity contribution in [2.75, 3.05) is 19.6 Å². The van der Waals surface area contributed by atoms with Crippen molar-refractivity contribution in [3.63, 3.8) is 0 Å². The Hall–Kier alpha value is -2.30. The van der Waals surface area contributed by atoms with Crippen LogP contribution in [-0.4, -0.2) is 36.3 Å². The Kier molecular flexibility index (Phi) is 4.35. The maximum atomic E-state index is 12.9. The molecule has 1 aromatic carbocycles. The van der Waals surface area contributed by atoms with E-state index in [-0.39, 0.29) is 11.8 Å². The molecule has 1 saturated heterocycles. The molecule has 128 valence electrons. The van der Waals surface area contributed by atoms with Gasteiger partial charge in [-0.15, -0.1) is 0 Å². The number of rotatable bonds is 4. The summed E-state index contributed by atoms with van der Waals surface area (Å²) in [5.74, 6) is 0.283. The standard InChI is InChI=1S/C19H24N2O3/c1-4-10-20-18(23)19(3)9-11-21(12-19)17(22)16-13(2)14-7-5-6-8-15(14)24-16/h5-8H,4,9-12H2,1-3H3,(H,20,23). The predicted molar refractivity (Wildman–Crippen MR) is 92.9 cm³/mol. The van der Waals surface area contributed by atoms with Gasteiger partial charge in [-0.2, -0.15) is 0 Å². The van der Waals surface area contributed by atoms with Gasteiger partial charge in [-0.05, 0) is 32.8 Å². The number of para-hydroxylation sites is 1. The lowest BCUT2D eigenvalue weighted by Gasteiger charge is -2.23. The van der Waals surface area contributed by atoms with E-state index in [2.05, 4.69) is 5.32 Å². The molecule has 3 rings (SSSR count). The predicted octanol–water partition coefficient (Wildman–Crippen LogP) is 3.12. The van der Waals surface area contributed by atoms with Crippen LogP contribution in [0.1, 0.15) is 42.8 Å². The summed E-state index contributed by atoms with van der Waals surface area (Å²) in [7, 11) is 0. The van der Waals surface area contributed by atoms with Gasteiger partial charge in [0.05, 0.1) is 5.41 Å².